The van der Waals surface area contributed by atoms with Gasteiger partial charge < -0.3 is 9.73 Å². The highest BCUT2D eigenvalue weighted by atomic mass is 35.5. The van der Waals surface area contributed by atoms with Crippen LogP contribution >= 0.6 is 23.4 Å². The number of hydrogen-bond donors (Lipinski definition) is 1. The molecule has 0 unspecified atom stereocenters. The summed E-state index contributed by atoms with van der Waals surface area (Å²) in [5.74, 6) is 1.66. The molecule has 1 aromatic heterocycles. The number of carbonyl (C=O) groups excluding carboxylic acids is 1. The van der Waals surface area contributed by atoms with Crippen LogP contribution in [0, 0.1) is 0 Å². The van der Waals surface area contributed by atoms with Crippen LogP contribution in [0.15, 0.2) is 89.3 Å². The molecule has 4 aromatic carbocycles. The predicted octanol–water partition coefficient (Wildman–Crippen LogP) is 7.17. The van der Waals surface area contributed by atoms with E-state index in [1.165, 1.54) is 0 Å². The van der Waals surface area contributed by atoms with E-state index in [-0.39, 0.29) is 5.91 Å². The monoisotopic (exact) mass is 458 g/mol. The molecule has 1 amide bonds. The molecule has 158 valence electrons. The zero-order chi connectivity index (χ0) is 21.9. The molecule has 0 aliphatic carbocycles. The van der Waals surface area contributed by atoms with Gasteiger partial charge in [0.1, 0.15) is 5.52 Å². The van der Waals surface area contributed by atoms with Gasteiger partial charge in [-0.25, -0.2) is 4.98 Å². The lowest BCUT2D eigenvalue weighted by molar-refractivity contribution is -0.113. The molecule has 0 saturated carbocycles. The number of halogens is 1. The number of hydrogen-bond acceptors (Lipinski definition) is 4. The second kappa shape index (κ2) is 9.07. The van der Waals surface area contributed by atoms with Crippen LogP contribution in [0.1, 0.15) is 5.56 Å². The average Bonchev–Trinajstić information content (AvgIpc) is 3.22. The molecule has 0 bridgehead atoms. The maximum atomic E-state index is 12.3. The number of fused-ring (bicyclic) bond motifs is 2. The van der Waals surface area contributed by atoms with Crippen molar-refractivity contribution in [2.24, 2.45) is 0 Å². The van der Waals surface area contributed by atoms with E-state index in [9.17, 15) is 4.79 Å². The molecule has 1 heterocycles. The summed E-state index contributed by atoms with van der Waals surface area (Å²) in [5, 5.41) is 5.90. The second-order valence-electron chi connectivity index (χ2n) is 7.43. The highest BCUT2D eigenvalue weighted by molar-refractivity contribution is 7.99. The summed E-state index contributed by atoms with van der Waals surface area (Å²) in [6, 6.07) is 27.4. The van der Waals surface area contributed by atoms with E-state index in [1.54, 1.807) is 11.8 Å². The third-order valence-corrected chi connectivity index (χ3v) is 6.34. The van der Waals surface area contributed by atoms with Crippen LogP contribution in [-0.2, 0) is 10.5 Å². The highest BCUT2D eigenvalue weighted by Gasteiger charge is 2.10. The van der Waals surface area contributed by atoms with Gasteiger partial charge in [-0.1, -0.05) is 48.0 Å². The minimum Gasteiger partial charge on any atom is -0.436 e. The first-order chi connectivity index (χ1) is 15.6. The third-order valence-electron chi connectivity index (χ3n) is 5.09. The summed E-state index contributed by atoms with van der Waals surface area (Å²) < 4.78 is 5.98. The van der Waals surface area contributed by atoms with Gasteiger partial charge in [0.05, 0.1) is 5.75 Å². The van der Waals surface area contributed by atoms with E-state index in [4.69, 9.17) is 16.0 Å². The van der Waals surface area contributed by atoms with Gasteiger partial charge in [-0.2, -0.15) is 0 Å². The van der Waals surface area contributed by atoms with E-state index >= 15 is 0 Å². The van der Waals surface area contributed by atoms with Crippen LogP contribution in [0.25, 0.3) is 33.3 Å². The van der Waals surface area contributed by atoms with Gasteiger partial charge in [-0.15, -0.1) is 11.8 Å². The van der Waals surface area contributed by atoms with Gasteiger partial charge in [0.25, 0.3) is 0 Å². The van der Waals surface area contributed by atoms with Crippen molar-refractivity contribution >= 4 is 56.8 Å². The Morgan fingerprint density at radius 1 is 0.938 bits per heavy atom. The van der Waals surface area contributed by atoms with Crippen molar-refractivity contribution in [3.05, 3.63) is 95.5 Å². The number of anilines is 1. The molecule has 5 aromatic rings. The molecule has 32 heavy (non-hydrogen) atoms. The predicted molar refractivity (Wildman–Crippen MR) is 133 cm³/mol. The maximum absolute atomic E-state index is 12.3. The van der Waals surface area contributed by atoms with Crippen LogP contribution in [0.3, 0.4) is 0 Å². The highest BCUT2D eigenvalue weighted by Crippen LogP contribution is 2.28. The topological polar surface area (TPSA) is 55.1 Å². The van der Waals surface area contributed by atoms with E-state index in [0.717, 1.165) is 44.4 Å². The number of benzene rings is 4. The quantitative estimate of drug-likeness (QED) is 0.293. The molecule has 0 fully saturated rings. The van der Waals surface area contributed by atoms with E-state index in [1.807, 2.05) is 72.8 Å². The van der Waals surface area contributed by atoms with Crippen LogP contribution in [0.2, 0.25) is 5.02 Å². The Hall–Kier alpha value is -3.28. The molecular formula is C26H19ClN2O2S. The Morgan fingerprint density at radius 3 is 2.41 bits per heavy atom. The van der Waals surface area contributed by atoms with E-state index in [2.05, 4.69) is 22.4 Å². The fraction of sp³-hybridized carbons (Fsp3) is 0.0769. The summed E-state index contributed by atoms with van der Waals surface area (Å²) in [6.45, 7) is 0. The number of aromatic nitrogens is 1. The van der Waals surface area contributed by atoms with Crippen LogP contribution < -0.4 is 5.32 Å². The normalized spacial score (nSPS) is 11.2. The summed E-state index contributed by atoms with van der Waals surface area (Å²) in [4.78, 5) is 16.9. The molecule has 6 heteroatoms. The average molecular weight is 459 g/mol. The van der Waals surface area contributed by atoms with Crippen LogP contribution in [-0.4, -0.2) is 16.6 Å². The van der Waals surface area contributed by atoms with Crippen molar-refractivity contribution < 1.29 is 9.21 Å². The van der Waals surface area contributed by atoms with Crippen molar-refractivity contribution in [2.45, 2.75) is 5.75 Å². The molecule has 0 aliphatic rings. The van der Waals surface area contributed by atoms with Gasteiger partial charge >= 0.3 is 0 Å². The van der Waals surface area contributed by atoms with Gasteiger partial charge in [-0.3, -0.25) is 4.79 Å². The van der Waals surface area contributed by atoms with Crippen LogP contribution in [0.4, 0.5) is 5.69 Å². The van der Waals surface area contributed by atoms with Crippen LogP contribution in [0.5, 0.6) is 0 Å². The number of nitrogens with zero attached hydrogens (tertiary/aromatic N) is 1. The standard InChI is InChI=1S/C26H19ClN2O2S/c27-21-9-5-17(6-10-21)15-32-16-25(30)28-22-11-7-18(8-12-22)26-29-23-13-19-3-1-2-4-20(19)14-24(23)31-26/h1-14H,15-16H2,(H,28,30). The molecule has 4 nitrogen and oxygen atoms in total. The fourth-order valence-electron chi connectivity index (χ4n) is 3.47. The minimum atomic E-state index is -0.0368. The van der Waals surface area contributed by atoms with Crippen molar-refractivity contribution in [3.63, 3.8) is 0 Å². The number of carbonyl (C=O) groups is 1. The lowest BCUT2D eigenvalue weighted by Crippen LogP contribution is -2.14. The van der Waals surface area contributed by atoms with Crippen molar-refractivity contribution in [1.29, 1.82) is 0 Å². The number of amides is 1. The number of oxazole rings is 1. The second-order valence-corrected chi connectivity index (χ2v) is 8.85. The number of rotatable bonds is 6. The number of nitrogens with one attached hydrogen (secondary N) is 1. The summed E-state index contributed by atoms with van der Waals surface area (Å²) in [5.41, 5.74) is 4.33. The first kappa shape index (κ1) is 20.6. The zero-order valence-corrected chi connectivity index (χ0v) is 18.6. The summed E-state index contributed by atoms with van der Waals surface area (Å²) in [6.07, 6.45) is 0. The van der Waals surface area contributed by atoms with Gasteiger partial charge in [0, 0.05) is 22.0 Å². The molecule has 0 saturated heterocycles. The summed E-state index contributed by atoms with van der Waals surface area (Å²) >= 11 is 7.46. The van der Waals surface area contributed by atoms with E-state index < -0.39 is 0 Å². The van der Waals surface area contributed by atoms with Gasteiger partial charge in [0.2, 0.25) is 11.8 Å². The third kappa shape index (κ3) is 4.64. The zero-order valence-electron chi connectivity index (χ0n) is 17.0. The Kier molecular flexibility index (Phi) is 5.84. The fourth-order valence-corrected chi connectivity index (χ4v) is 4.39. The van der Waals surface area contributed by atoms with Gasteiger partial charge in [-0.05, 0) is 64.9 Å². The van der Waals surface area contributed by atoms with Crippen molar-refractivity contribution in [1.82, 2.24) is 4.98 Å². The molecule has 5 rings (SSSR count). The molecule has 0 spiro atoms. The molecule has 0 aliphatic heterocycles. The first-order valence-electron chi connectivity index (χ1n) is 10.2. The molecular weight excluding hydrogens is 440 g/mol. The smallest absolute Gasteiger partial charge is 0.234 e. The summed E-state index contributed by atoms with van der Waals surface area (Å²) in [7, 11) is 0. The Labute approximate surface area is 194 Å². The Balaban J connectivity index is 1.22. The molecule has 1 N–H and O–H groups in total. The van der Waals surface area contributed by atoms with Crippen molar-refractivity contribution in [3.8, 4) is 11.5 Å². The molecule has 0 atom stereocenters. The minimum absolute atomic E-state index is 0.0368. The Morgan fingerprint density at radius 2 is 1.66 bits per heavy atom. The van der Waals surface area contributed by atoms with Gasteiger partial charge in [0.15, 0.2) is 5.58 Å². The number of thioether (sulfide) groups is 1. The van der Waals surface area contributed by atoms with E-state index in [0.29, 0.717) is 16.7 Å². The Bertz CT molecular complexity index is 1340. The first-order valence-corrected chi connectivity index (χ1v) is 11.7. The maximum Gasteiger partial charge on any atom is 0.234 e. The lowest BCUT2D eigenvalue weighted by atomic mass is 10.1. The molecule has 0 radical (unpaired) electrons. The van der Waals surface area contributed by atoms with Crippen molar-refractivity contribution in [2.75, 3.05) is 11.1 Å². The lowest BCUT2D eigenvalue weighted by Gasteiger charge is -2.06. The SMILES string of the molecule is O=C(CSCc1ccc(Cl)cc1)Nc1ccc(-c2nc3cc4ccccc4cc3o2)cc1. The largest absolute Gasteiger partial charge is 0.436 e.